The first-order valence-corrected chi connectivity index (χ1v) is 21.8. The molecule has 0 bridgehead atoms. The highest BCUT2D eigenvalue weighted by molar-refractivity contribution is 7.90. The molecule has 61 heavy (non-hydrogen) atoms. The predicted octanol–water partition coefficient (Wildman–Crippen LogP) is 5.35. The summed E-state index contributed by atoms with van der Waals surface area (Å²) in [6.07, 6.45) is 6.65. The van der Waals surface area contributed by atoms with Crippen molar-refractivity contribution in [2.24, 2.45) is 12.5 Å². The van der Waals surface area contributed by atoms with E-state index in [2.05, 4.69) is 25.0 Å². The van der Waals surface area contributed by atoms with Crippen molar-refractivity contribution in [1.29, 1.82) is 0 Å². The molecule has 0 unspecified atom stereocenters. The van der Waals surface area contributed by atoms with Crippen LogP contribution in [-0.4, -0.2) is 93.9 Å². The Labute approximate surface area is 348 Å². The van der Waals surface area contributed by atoms with E-state index in [9.17, 15) is 32.0 Å². The Morgan fingerprint density at radius 2 is 1.70 bits per heavy atom. The van der Waals surface area contributed by atoms with Crippen molar-refractivity contribution in [3.63, 3.8) is 0 Å². The van der Waals surface area contributed by atoms with E-state index in [1.54, 1.807) is 23.2 Å². The van der Waals surface area contributed by atoms with E-state index < -0.39 is 44.9 Å². The van der Waals surface area contributed by atoms with Crippen LogP contribution in [0.3, 0.4) is 0 Å². The van der Waals surface area contributed by atoms with Gasteiger partial charge in [-0.05, 0) is 97.9 Å². The number of halogens is 3. The Balaban J connectivity index is 0.833. The number of fused-ring (bicyclic) bond motifs is 2. The Bertz CT molecular complexity index is 2830. The minimum Gasteiger partial charge on any atom is -0.299 e. The third kappa shape index (κ3) is 7.05. The fraction of sp³-hybridized carbons (Fsp3) is 0.429. The van der Waals surface area contributed by atoms with Gasteiger partial charge in [0.2, 0.25) is 5.91 Å². The van der Waals surface area contributed by atoms with E-state index in [4.69, 9.17) is 0 Å². The maximum Gasteiger partial charge on any atom is 0.329 e. The Hall–Kier alpha value is -5.66. The van der Waals surface area contributed by atoms with Gasteiger partial charge in [0, 0.05) is 69.7 Å². The van der Waals surface area contributed by atoms with Gasteiger partial charge >= 0.3 is 16.2 Å². The summed E-state index contributed by atoms with van der Waals surface area (Å²) >= 11 is 0. The zero-order valence-corrected chi connectivity index (χ0v) is 34.6. The fourth-order valence-electron chi connectivity index (χ4n) is 9.68. The number of urea groups is 1. The van der Waals surface area contributed by atoms with Gasteiger partial charge in [-0.15, -0.1) is 0 Å². The van der Waals surface area contributed by atoms with Crippen molar-refractivity contribution in [2.45, 2.75) is 69.9 Å². The molecule has 0 atom stereocenters. The quantitative estimate of drug-likeness (QED) is 0.176. The van der Waals surface area contributed by atoms with Crippen LogP contribution in [-0.2, 0) is 22.1 Å². The van der Waals surface area contributed by atoms with E-state index >= 15 is 8.78 Å². The van der Waals surface area contributed by atoms with Crippen molar-refractivity contribution in [1.82, 2.24) is 33.9 Å². The number of likely N-dealkylation sites (tertiary alicyclic amines) is 1. The Kier molecular flexibility index (Phi) is 10.1. The van der Waals surface area contributed by atoms with E-state index in [-0.39, 0.29) is 65.1 Å². The number of ketones is 1. The lowest BCUT2D eigenvalue weighted by Crippen LogP contribution is -2.65. The number of rotatable bonds is 10. The molecule has 4 heterocycles. The predicted molar refractivity (Wildman–Crippen MR) is 220 cm³/mol. The maximum absolute atomic E-state index is 15.7. The molecule has 0 radical (unpaired) electrons. The smallest absolute Gasteiger partial charge is 0.299 e. The monoisotopic (exact) mass is 859 g/mol. The van der Waals surface area contributed by atoms with E-state index in [1.165, 1.54) is 42.5 Å². The first-order chi connectivity index (χ1) is 29.1. The van der Waals surface area contributed by atoms with Crippen LogP contribution in [0.25, 0.3) is 21.8 Å². The minimum atomic E-state index is -4.16. The molecule has 320 valence electrons. The highest BCUT2D eigenvalue weighted by Gasteiger charge is 2.54. The van der Waals surface area contributed by atoms with Gasteiger partial charge in [0.25, 0.3) is 5.56 Å². The number of amides is 3. The van der Waals surface area contributed by atoms with Crippen LogP contribution >= 0.6 is 0 Å². The lowest BCUT2D eigenvalue weighted by Gasteiger charge is -2.61. The molecule has 2 aliphatic carbocycles. The topological polar surface area (TPSA) is 172 Å². The molecule has 5 aromatic rings. The third-order valence-corrected chi connectivity index (χ3v) is 14.7. The normalized spacial score (nSPS) is 20.9. The van der Waals surface area contributed by atoms with Crippen molar-refractivity contribution in [3.05, 3.63) is 93.3 Å². The molecule has 2 N–H and O–H groups in total. The molecule has 4 aliphatic rings. The van der Waals surface area contributed by atoms with Crippen LogP contribution in [0.1, 0.15) is 85.3 Å². The molecule has 2 aliphatic heterocycles. The van der Waals surface area contributed by atoms with Crippen molar-refractivity contribution in [3.8, 4) is 0 Å². The van der Waals surface area contributed by atoms with Crippen LogP contribution in [0.15, 0.2) is 53.6 Å². The van der Waals surface area contributed by atoms with Crippen LogP contribution in [0.2, 0.25) is 0 Å². The highest BCUT2D eigenvalue weighted by Crippen LogP contribution is 2.55. The number of aromatic nitrogens is 4. The van der Waals surface area contributed by atoms with Gasteiger partial charge in [-0.25, -0.2) is 22.9 Å². The summed E-state index contributed by atoms with van der Waals surface area (Å²) in [6.45, 7) is 3.63. The molecular formula is C42H44F3N9O6S. The highest BCUT2D eigenvalue weighted by atomic mass is 32.2. The number of nitrogens with one attached hydrogen (secondary N) is 2. The van der Waals surface area contributed by atoms with Crippen LogP contribution in [0, 0.1) is 22.9 Å². The second kappa shape index (κ2) is 15.1. The third-order valence-electron chi connectivity index (χ3n) is 13.2. The summed E-state index contributed by atoms with van der Waals surface area (Å²) in [5.74, 6) is -3.93. The van der Waals surface area contributed by atoms with Crippen LogP contribution < -0.4 is 20.5 Å². The summed E-state index contributed by atoms with van der Waals surface area (Å²) in [7, 11) is -1.12. The minimum absolute atomic E-state index is 0.0400. The van der Waals surface area contributed by atoms with Gasteiger partial charge in [0.05, 0.1) is 34.0 Å². The van der Waals surface area contributed by atoms with E-state index in [0.717, 1.165) is 68.1 Å². The largest absolute Gasteiger partial charge is 0.329 e. The molecule has 15 nitrogen and oxygen atoms in total. The van der Waals surface area contributed by atoms with Gasteiger partial charge in [-0.2, -0.15) is 17.8 Å². The number of carbonyl (C=O) groups is 3. The van der Waals surface area contributed by atoms with Crippen molar-refractivity contribution >= 4 is 61.2 Å². The number of hydrogen-bond donors (Lipinski definition) is 2. The molecule has 19 heteroatoms. The average molecular weight is 860 g/mol. The first kappa shape index (κ1) is 40.7. The molecule has 2 aromatic heterocycles. The molecule has 1 spiro atoms. The van der Waals surface area contributed by atoms with Gasteiger partial charge in [0.1, 0.15) is 11.6 Å². The number of anilines is 2. The zero-order valence-electron chi connectivity index (χ0n) is 33.8. The van der Waals surface area contributed by atoms with E-state index in [1.807, 2.05) is 6.07 Å². The zero-order chi connectivity index (χ0) is 43.1. The first-order valence-electron chi connectivity index (χ1n) is 20.4. The second-order valence-corrected chi connectivity index (χ2v) is 18.7. The molecule has 4 fully saturated rings. The maximum atomic E-state index is 15.7. The standard InChI is InChI=1S/C42H44F3N9O6S/c1-4-50(2)61(59,60)49-33-12-10-30(43)36(37(33)45)38(56)24-7-11-32-28(15-24)40(57)54(22-46-32)26-18-42(19-26)20-52(21-42)25-8-5-23(6-9-25)27-17-34-29(16-31(27)44)39(48-51(34)3)53-14-13-35(55)47-41(53)58/h7,10-12,15-17,22-23,25-26,49H,4-6,8-9,13-14,18-21H2,1-3H3,(H,47,55,58). The number of carbonyl (C=O) groups excluding carboxylic acids is 3. The number of nitrogens with zero attached hydrogens (tertiary/aromatic N) is 7. The number of benzene rings is 3. The SMILES string of the molecule is CCN(C)S(=O)(=O)Nc1ccc(F)c(C(=O)c2ccc3ncn(C4CC5(C4)CN(C4CCC(c6cc7c(cc6F)c(N6CCC(=O)NC6=O)nn7C)CC4)C5)c(=O)c3c2)c1F. The number of aryl methyl sites for hydroxylation is 1. The summed E-state index contributed by atoms with van der Waals surface area (Å²) in [5, 5.41) is 7.44. The molecule has 2 saturated carbocycles. The van der Waals surface area contributed by atoms with Crippen LogP contribution in [0.4, 0.5) is 29.5 Å². The van der Waals surface area contributed by atoms with Gasteiger partial charge in [-0.3, -0.25) is 43.5 Å². The van der Waals surface area contributed by atoms with Crippen molar-refractivity contribution in [2.75, 3.05) is 42.8 Å². The van der Waals surface area contributed by atoms with Crippen molar-refractivity contribution < 1.29 is 36.0 Å². The Morgan fingerprint density at radius 3 is 2.41 bits per heavy atom. The van der Waals surface area contributed by atoms with Crippen LogP contribution in [0.5, 0.6) is 0 Å². The lowest BCUT2D eigenvalue weighted by atomic mass is 9.59. The lowest BCUT2D eigenvalue weighted by molar-refractivity contribution is -0.120. The number of hydrogen-bond acceptors (Lipinski definition) is 9. The van der Waals surface area contributed by atoms with Gasteiger partial charge < -0.3 is 0 Å². The summed E-state index contributed by atoms with van der Waals surface area (Å²) < 4.78 is 77.5. The molecule has 2 saturated heterocycles. The molecule has 3 amide bonds. The summed E-state index contributed by atoms with van der Waals surface area (Å²) in [4.78, 5) is 59.8. The molecule has 3 aromatic carbocycles. The van der Waals surface area contributed by atoms with Gasteiger partial charge in [0.15, 0.2) is 17.4 Å². The van der Waals surface area contributed by atoms with Gasteiger partial charge in [-0.1, -0.05) is 6.92 Å². The summed E-state index contributed by atoms with van der Waals surface area (Å²) in [6, 6.07) is 8.74. The average Bonchev–Trinajstić information content (AvgIpc) is 3.51. The fourth-order valence-corrected chi connectivity index (χ4v) is 10.6. The van der Waals surface area contributed by atoms with E-state index in [0.29, 0.717) is 33.8 Å². The Morgan fingerprint density at radius 1 is 0.967 bits per heavy atom. The summed E-state index contributed by atoms with van der Waals surface area (Å²) in [5.41, 5.74) is -0.333. The second-order valence-electron chi connectivity index (χ2n) is 16.9. The number of imide groups is 1. The molecule has 9 rings (SSSR count). The molecular weight excluding hydrogens is 816 g/mol.